The van der Waals surface area contributed by atoms with E-state index in [0.717, 1.165) is 16.0 Å². The molecule has 0 aromatic heterocycles. The van der Waals surface area contributed by atoms with Crippen LogP contribution in [0.2, 0.25) is 0 Å². The maximum Gasteiger partial charge on any atom is 0.411 e. The summed E-state index contributed by atoms with van der Waals surface area (Å²) in [6.07, 6.45) is -0.472. The summed E-state index contributed by atoms with van der Waals surface area (Å²) in [5, 5.41) is 2.67. The molecule has 0 aliphatic rings. The Morgan fingerprint density at radius 2 is 1.95 bits per heavy atom. The summed E-state index contributed by atoms with van der Waals surface area (Å²) < 4.78 is 5.13. The number of thiol groups is 1. The molecule has 0 atom stereocenters. The average molecular weight is 273 g/mol. The molecule has 2 aromatic carbocycles. The van der Waals surface area contributed by atoms with Gasteiger partial charge in [0.2, 0.25) is 0 Å². The molecule has 0 radical (unpaired) electrons. The van der Waals surface area contributed by atoms with Gasteiger partial charge in [-0.1, -0.05) is 36.4 Å². The molecule has 1 N–H and O–H groups in total. The van der Waals surface area contributed by atoms with Gasteiger partial charge in [-0.3, -0.25) is 5.32 Å². The second-order valence-corrected chi connectivity index (χ2v) is 4.67. The molecule has 2 rings (SSSR count). The number of hydrogen-bond acceptors (Lipinski definition) is 3. The minimum atomic E-state index is -0.472. The van der Waals surface area contributed by atoms with Crippen LogP contribution in [0, 0.1) is 6.92 Å². The third kappa shape index (κ3) is 4.03. The van der Waals surface area contributed by atoms with Gasteiger partial charge < -0.3 is 4.74 Å². The van der Waals surface area contributed by atoms with Crippen molar-refractivity contribution in [2.24, 2.45) is 0 Å². The van der Waals surface area contributed by atoms with Crippen molar-refractivity contribution in [3.05, 3.63) is 59.7 Å². The topological polar surface area (TPSA) is 38.3 Å². The summed E-state index contributed by atoms with van der Waals surface area (Å²) in [6.45, 7) is 2.21. The maximum atomic E-state index is 11.6. The molecule has 0 aliphatic heterocycles. The third-order valence-corrected chi connectivity index (χ3v) is 3.15. The van der Waals surface area contributed by atoms with Gasteiger partial charge in [0.25, 0.3) is 0 Å². The Balaban J connectivity index is 1.89. The number of benzene rings is 2. The van der Waals surface area contributed by atoms with Crippen LogP contribution in [0.25, 0.3) is 0 Å². The van der Waals surface area contributed by atoms with Gasteiger partial charge in [0.05, 0.1) is 0 Å². The predicted octanol–water partition coefficient (Wildman–Crippen LogP) is 4.03. The minimum Gasteiger partial charge on any atom is -0.444 e. The lowest BCUT2D eigenvalue weighted by molar-refractivity contribution is 0.155. The van der Waals surface area contributed by atoms with Gasteiger partial charge in [0.15, 0.2) is 0 Å². The van der Waals surface area contributed by atoms with Crippen molar-refractivity contribution < 1.29 is 9.53 Å². The van der Waals surface area contributed by atoms with Gasteiger partial charge in [0.1, 0.15) is 6.61 Å². The van der Waals surface area contributed by atoms with Crippen LogP contribution < -0.4 is 5.32 Å². The van der Waals surface area contributed by atoms with Crippen molar-refractivity contribution >= 4 is 24.4 Å². The first-order valence-electron chi connectivity index (χ1n) is 5.92. The first-order chi connectivity index (χ1) is 9.15. The Morgan fingerprint density at radius 3 is 2.63 bits per heavy atom. The van der Waals surface area contributed by atoms with E-state index in [1.165, 1.54) is 0 Å². The first kappa shape index (κ1) is 13.5. The predicted molar refractivity (Wildman–Crippen MR) is 78.7 cm³/mol. The van der Waals surface area contributed by atoms with Crippen LogP contribution in [-0.4, -0.2) is 6.09 Å². The van der Waals surface area contributed by atoms with Gasteiger partial charge in [-0.25, -0.2) is 4.79 Å². The number of nitrogens with one attached hydrogen (secondary N) is 1. The first-order valence-corrected chi connectivity index (χ1v) is 6.37. The van der Waals surface area contributed by atoms with E-state index in [-0.39, 0.29) is 6.61 Å². The number of hydrogen-bond donors (Lipinski definition) is 2. The monoisotopic (exact) mass is 273 g/mol. The van der Waals surface area contributed by atoms with Gasteiger partial charge in [-0.2, -0.15) is 0 Å². The zero-order chi connectivity index (χ0) is 13.7. The van der Waals surface area contributed by atoms with E-state index in [1.54, 1.807) is 6.07 Å². The van der Waals surface area contributed by atoms with Crippen molar-refractivity contribution in [1.82, 2.24) is 0 Å². The van der Waals surface area contributed by atoms with Gasteiger partial charge in [-0.15, -0.1) is 12.6 Å². The minimum absolute atomic E-state index is 0.256. The Morgan fingerprint density at radius 1 is 1.21 bits per heavy atom. The number of amides is 1. The molecule has 0 heterocycles. The van der Waals surface area contributed by atoms with Crippen LogP contribution >= 0.6 is 12.6 Å². The van der Waals surface area contributed by atoms with Crippen LogP contribution in [0.4, 0.5) is 10.5 Å². The van der Waals surface area contributed by atoms with Gasteiger partial charge in [-0.05, 0) is 30.2 Å². The molecular weight excluding hydrogens is 258 g/mol. The molecule has 2 aromatic rings. The normalized spacial score (nSPS) is 10.0. The highest BCUT2D eigenvalue weighted by Gasteiger charge is 2.04. The lowest BCUT2D eigenvalue weighted by Crippen LogP contribution is -2.13. The summed E-state index contributed by atoms with van der Waals surface area (Å²) in [4.78, 5) is 12.5. The fraction of sp³-hybridized carbons (Fsp3) is 0.133. The number of rotatable bonds is 3. The molecule has 98 valence electrons. The zero-order valence-corrected chi connectivity index (χ0v) is 11.5. The lowest BCUT2D eigenvalue weighted by Gasteiger charge is -2.08. The maximum absolute atomic E-state index is 11.6. The molecule has 0 spiro atoms. The molecule has 0 bridgehead atoms. The van der Waals surface area contributed by atoms with E-state index < -0.39 is 6.09 Å². The van der Waals surface area contributed by atoms with Crippen LogP contribution in [0.5, 0.6) is 0 Å². The Kier molecular flexibility index (Phi) is 4.47. The number of carbonyl (C=O) groups excluding carboxylic acids is 1. The molecule has 1 amide bonds. The van der Waals surface area contributed by atoms with E-state index in [2.05, 4.69) is 17.9 Å². The summed E-state index contributed by atoms with van der Waals surface area (Å²) in [6, 6.07) is 15.1. The number of ether oxygens (including phenoxy) is 1. The van der Waals surface area contributed by atoms with E-state index in [1.807, 2.05) is 49.4 Å². The highest BCUT2D eigenvalue weighted by atomic mass is 32.1. The molecule has 0 saturated carbocycles. The Hall–Kier alpha value is -1.94. The van der Waals surface area contributed by atoms with Gasteiger partial charge >= 0.3 is 6.09 Å². The molecule has 19 heavy (non-hydrogen) atoms. The molecule has 3 nitrogen and oxygen atoms in total. The zero-order valence-electron chi connectivity index (χ0n) is 10.6. The quantitative estimate of drug-likeness (QED) is 0.829. The summed E-state index contributed by atoms with van der Waals surface area (Å²) in [5.74, 6) is 0. The highest BCUT2D eigenvalue weighted by molar-refractivity contribution is 7.80. The van der Waals surface area contributed by atoms with Crippen molar-refractivity contribution in [1.29, 1.82) is 0 Å². The number of carbonyl (C=O) groups is 1. The molecule has 0 fully saturated rings. The highest BCUT2D eigenvalue weighted by Crippen LogP contribution is 2.18. The number of anilines is 1. The van der Waals surface area contributed by atoms with Crippen molar-refractivity contribution in [3.8, 4) is 0 Å². The fourth-order valence-corrected chi connectivity index (χ4v) is 1.78. The fourth-order valence-electron chi connectivity index (χ4n) is 1.56. The smallest absolute Gasteiger partial charge is 0.411 e. The second kappa shape index (κ2) is 6.29. The summed E-state index contributed by atoms with van der Waals surface area (Å²) in [7, 11) is 0. The van der Waals surface area contributed by atoms with E-state index >= 15 is 0 Å². The van der Waals surface area contributed by atoms with Crippen LogP contribution in [-0.2, 0) is 11.3 Å². The van der Waals surface area contributed by atoms with Gasteiger partial charge in [0, 0.05) is 10.6 Å². The van der Waals surface area contributed by atoms with Crippen molar-refractivity contribution in [2.75, 3.05) is 5.32 Å². The number of aryl methyl sites for hydroxylation is 1. The summed E-state index contributed by atoms with van der Waals surface area (Å²) in [5.41, 5.74) is 2.69. The van der Waals surface area contributed by atoms with Crippen LogP contribution in [0.3, 0.4) is 0 Å². The van der Waals surface area contributed by atoms with E-state index in [0.29, 0.717) is 5.69 Å². The van der Waals surface area contributed by atoms with Crippen LogP contribution in [0.1, 0.15) is 11.1 Å². The second-order valence-electron chi connectivity index (χ2n) is 4.19. The van der Waals surface area contributed by atoms with E-state index in [4.69, 9.17) is 4.74 Å². The Labute approximate surface area is 118 Å². The summed E-state index contributed by atoms with van der Waals surface area (Å²) >= 11 is 4.31. The average Bonchev–Trinajstić information content (AvgIpc) is 2.42. The third-order valence-electron chi connectivity index (χ3n) is 2.67. The molecular formula is C15H15NO2S. The molecule has 4 heteroatoms. The SMILES string of the molecule is Cc1ccc(NC(=O)OCc2ccccc2)cc1S. The molecule has 0 unspecified atom stereocenters. The van der Waals surface area contributed by atoms with Crippen LogP contribution in [0.15, 0.2) is 53.4 Å². The largest absolute Gasteiger partial charge is 0.444 e. The van der Waals surface area contributed by atoms with Crippen molar-refractivity contribution in [3.63, 3.8) is 0 Å². The molecule has 0 saturated heterocycles. The standard InChI is InChI=1S/C15H15NO2S/c1-11-7-8-13(9-14(11)19)16-15(17)18-10-12-5-3-2-4-6-12/h2-9,19H,10H2,1H3,(H,16,17). The molecule has 0 aliphatic carbocycles. The van der Waals surface area contributed by atoms with E-state index in [9.17, 15) is 4.79 Å². The van der Waals surface area contributed by atoms with Crippen molar-refractivity contribution in [2.45, 2.75) is 18.4 Å². The Bertz CT molecular complexity index is 570. The lowest BCUT2D eigenvalue weighted by atomic mass is 10.2.